The summed E-state index contributed by atoms with van der Waals surface area (Å²) in [5.41, 5.74) is 10.0. The first-order valence-electron chi connectivity index (χ1n) is 6.39. The van der Waals surface area contributed by atoms with E-state index in [1.807, 2.05) is 19.1 Å². The fourth-order valence-corrected chi connectivity index (χ4v) is 3.15. The van der Waals surface area contributed by atoms with Crippen LogP contribution in [0, 0.1) is 6.92 Å². The van der Waals surface area contributed by atoms with Gasteiger partial charge in [-0.05, 0) is 30.0 Å². The van der Waals surface area contributed by atoms with Crippen molar-refractivity contribution in [2.75, 3.05) is 0 Å². The second-order valence-corrected chi connectivity index (χ2v) is 6.30. The summed E-state index contributed by atoms with van der Waals surface area (Å²) in [5, 5.41) is 2.06. The highest BCUT2D eigenvalue weighted by molar-refractivity contribution is 7.80. The largest absolute Gasteiger partial charge is 0.393 e. The number of aryl methyl sites for hydroxylation is 1. The lowest BCUT2D eigenvalue weighted by molar-refractivity contribution is 0.927. The van der Waals surface area contributed by atoms with Crippen molar-refractivity contribution in [2.45, 2.75) is 19.8 Å². The Bertz CT molecular complexity index is 772. The maximum absolute atomic E-state index is 5.87. The third-order valence-corrected chi connectivity index (χ3v) is 4.62. The highest BCUT2D eigenvalue weighted by Crippen LogP contribution is 2.33. The quantitative estimate of drug-likeness (QED) is 0.749. The molecule has 3 heterocycles. The van der Waals surface area contributed by atoms with Crippen LogP contribution in [0.15, 0.2) is 35.8 Å². The molecule has 0 aliphatic heterocycles. The van der Waals surface area contributed by atoms with Crippen LogP contribution < -0.4 is 5.73 Å². The molecule has 0 fully saturated rings. The summed E-state index contributed by atoms with van der Waals surface area (Å²) < 4.78 is 2.11. The van der Waals surface area contributed by atoms with E-state index >= 15 is 0 Å². The molecule has 0 radical (unpaired) electrons. The summed E-state index contributed by atoms with van der Waals surface area (Å²) in [6.45, 7) is 4.10. The molecule has 0 aliphatic carbocycles. The van der Waals surface area contributed by atoms with E-state index in [0.29, 0.717) is 4.99 Å². The fraction of sp³-hybridized carbons (Fsp3) is 0.200. The van der Waals surface area contributed by atoms with Crippen LogP contribution in [-0.4, -0.2) is 14.4 Å². The molecule has 0 bridgehead atoms. The van der Waals surface area contributed by atoms with E-state index in [0.717, 1.165) is 21.9 Å². The fourth-order valence-electron chi connectivity index (χ4n) is 2.31. The molecular weight excluding hydrogens is 286 g/mol. The minimum Gasteiger partial charge on any atom is -0.393 e. The lowest BCUT2D eigenvalue weighted by atomic mass is 10.1. The molecule has 0 saturated carbocycles. The molecule has 0 aromatic carbocycles. The average Bonchev–Trinajstić information content (AvgIpc) is 3.03. The number of hydrogen-bond donors (Lipinski definition) is 1. The Balaban J connectivity index is 2.34. The Morgan fingerprint density at radius 1 is 1.40 bits per heavy atom. The first-order valence-corrected chi connectivity index (χ1v) is 7.68. The van der Waals surface area contributed by atoms with E-state index < -0.39 is 0 Å². The van der Waals surface area contributed by atoms with Gasteiger partial charge in [0.25, 0.3) is 0 Å². The van der Waals surface area contributed by atoms with Gasteiger partial charge in [0.05, 0.1) is 15.6 Å². The number of imidazole rings is 1. The Labute approximate surface area is 127 Å². The molecule has 3 rings (SSSR count). The predicted octanol–water partition coefficient (Wildman–Crippen LogP) is 3.76. The first-order chi connectivity index (χ1) is 9.58. The maximum Gasteiger partial charge on any atom is 0.137 e. The number of aromatic nitrogens is 2. The summed E-state index contributed by atoms with van der Waals surface area (Å²) >= 11 is 6.87. The Hall–Kier alpha value is -1.72. The van der Waals surface area contributed by atoms with E-state index in [2.05, 4.69) is 35.0 Å². The van der Waals surface area contributed by atoms with Crippen molar-refractivity contribution in [2.24, 2.45) is 5.73 Å². The molecular formula is C15H15N3S2. The molecule has 3 aromatic rings. The monoisotopic (exact) mass is 301 g/mol. The third kappa shape index (κ3) is 2.13. The minimum absolute atomic E-state index is 0.0149. The number of pyridine rings is 1. The number of fused-ring (bicyclic) bond motifs is 1. The Kier molecular flexibility index (Phi) is 3.31. The van der Waals surface area contributed by atoms with Crippen molar-refractivity contribution in [1.82, 2.24) is 9.38 Å². The van der Waals surface area contributed by atoms with E-state index in [1.54, 1.807) is 11.3 Å². The summed E-state index contributed by atoms with van der Waals surface area (Å²) in [5.74, 6) is -0.0149. The zero-order valence-corrected chi connectivity index (χ0v) is 13.0. The van der Waals surface area contributed by atoms with Crippen LogP contribution in [0.4, 0.5) is 0 Å². The average molecular weight is 301 g/mol. The van der Waals surface area contributed by atoms with Gasteiger partial charge < -0.3 is 10.1 Å². The van der Waals surface area contributed by atoms with Crippen molar-refractivity contribution in [3.63, 3.8) is 0 Å². The van der Waals surface area contributed by atoms with E-state index in [9.17, 15) is 0 Å². The normalized spacial score (nSPS) is 12.7. The molecule has 0 aliphatic rings. The summed E-state index contributed by atoms with van der Waals surface area (Å²) in [4.78, 5) is 6.39. The highest BCUT2D eigenvalue weighted by atomic mass is 32.1. The van der Waals surface area contributed by atoms with Crippen LogP contribution in [0.5, 0.6) is 0 Å². The second kappa shape index (κ2) is 5.00. The van der Waals surface area contributed by atoms with Crippen molar-refractivity contribution >= 4 is 34.2 Å². The number of nitrogens with zero attached hydrogens (tertiary/aromatic N) is 2. The molecule has 102 valence electrons. The molecule has 0 spiro atoms. The van der Waals surface area contributed by atoms with Crippen molar-refractivity contribution in [1.29, 1.82) is 0 Å². The highest BCUT2D eigenvalue weighted by Gasteiger charge is 2.21. The number of nitrogens with two attached hydrogens (primary N) is 1. The molecule has 2 N–H and O–H groups in total. The van der Waals surface area contributed by atoms with Gasteiger partial charge in [-0.25, -0.2) is 4.98 Å². The van der Waals surface area contributed by atoms with Crippen LogP contribution in [0.1, 0.15) is 24.1 Å². The zero-order valence-electron chi connectivity index (χ0n) is 11.3. The van der Waals surface area contributed by atoms with Gasteiger partial charge in [-0.1, -0.05) is 31.3 Å². The van der Waals surface area contributed by atoms with E-state index in [-0.39, 0.29) is 5.92 Å². The molecule has 3 aromatic heterocycles. The predicted molar refractivity (Wildman–Crippen MR) is 88.4 cm³/mol. The Morgan fingerprint density at radius 3 is 2.85 bits per heavy atom. The summed E-state index contributed by atoms with van der Waals surface area (Å²) in [6, 6.07) is 8.21. The van der Waals surface area contributed by atoms with Gasteiger partial charge in [-0.15, -0.1) is 11.3 Å². The molecule has 5 heteroatoms. The van der Waals surface area contributed by atoms with Gasteiger partial charge in [-0.3, -0.25) is 0 Å². The van der Waals surface area contributed by atoms with Crippen molar-refractivity contribution in [3.8, 4) is 10.6 Å². The van der Waals surface area contributed by atoms with Crippen LogP contribution >= 0.6 is 23.6 Å². The first kappa shape index (κ1) is 13.3. The van der Waals surface area contributed by atoms with Crippen LogP contribution in [0.3, 0.4) is 0 Å². The van der Waals surface area contributed by atoms with Crippen LogP contribution in [0.2, 0.25) is 0 Å². The summed E-state index contributed by atoms with van der Waals surface area (Å²) in [7, 11) is 0. The third-order valence-electron chi connectivity index (χ3n) is 3.39. The smallest absolute Gasteiger partial charge is 0.137 e. The van der Waals surface area contributed by atoms with Gasteiger partial charge >= 0.3 is 0 Å². The SMILES string of the molecule is Cc1ccc2nc(-c3cccs3)c(C(C)C(N)=S)n2c1. The number of hydrogen-bond acceptors (Lipinski definition) is 3. The lowest BCUT2D eigenvalue weighted by Gasteiger charge is -2.12. The molecule has 1 unspecified atom stereocenters. The lowest BCUT2D eigenvalue weighted by Crippen LogP contribution is -2.18. The molecule has 3 nitrogen and oxygen atoms in total. The Morgan fingerprint density at radius 2 is 2.20 bits per heavy atom. The second-order valence-electron chi connectivity index (χ2n) is 4.88. The standard InChI is InChI=1S/C15H15N3S2/c1-9-5-6-12-17-13(11-4-3-7-20-11)14(18(12)8-9)10(2)15(16)19/h3-8,10H,1-2H3,(H2,16,19). The van der Waals surface area contributed by atoms with Crippen LogP contribution in [0.25, 0.3) is 16.2 Å². The number of thiocarbonyl (C=S) groups is 1. The van der Waals surface area contributed by atoms with Gasteiger partial charge in [0.1, 0.15) is 11.3 Å². The van der Waals surface area contributed by atoms with Crippen LogP contribution in [-0.2, 0) is 0 Å². The van der Waals surface area contributed by atoms with E-state index in [1.165, 1.54) is 5.56 Å². The van der Waals surface area contributed by atoms with E-state index in [4.69, 9.17) is 22.9 Å². The topological polar surface area (TPSA) is 43.3 Å². The molecule has 0 saturated heterocycles. The maximum atomic E-state index is 5.87. The van der Waals surface area contributed by atoms with Crippen molar-refractivity contribution < 1.29 is 0 Å². The summed E-state index contributed by atoms with van der Waals surface area (Å²) in [6.07, 6.45) is 2.09. The number of thiophene rings is 1. The number of rotatable bonds is 3. The zero-order chi connectivity index (χ0) is 14.3. The molecule has 1 atom stereocenters. The minimum atomic E-state index is -0.0149. The van der Waals surface area contributed by atoms with Gasteiger partial charge in [0, 0.05) is 12.1 Å². The molecule has 20 heavy (non-hydrogen) atoms. The van der Waals surface area contributed by atoms with Gasteiger partial charge in [-0.2, -0.15) is 0 Å². The van der Waals surface area contributed by atoms with Crippen molar-refractivity contribution in [3.05, 3.63) is 47.1 Å². The molecule has 0 amide bonds. The van der Waals surface area contributed by atoms with Gasteiger partial charge in [0.15, 0.2) is 0 Å². The van der Waals surface area contributed by atoms with Gasteiger partial charge in [0.2, 0.25) is 0 Å².